The second kappa shape index (κ2) is 19.5. The van der Waals surface area contributed by atoms with E-state index in [-0.39, 0.29) is 20.4 Å². The third-order valence-electron chi connectivity index (χ3n) is 7.10. The quantitative estimate of drug-likeness (QED) is 0.0988. The van der Waals surface area contributed by atoms with E-state index in [1.54, 1.807) is 0 Å². The van der Waals surface area contributed by atoms with E-state index in [1.807, 2.05) is 0 Å². The van der Waals surface area contributed by atoms with E-state index in [1.165, 1.54) is 78.6 Å². The first-order valence-electron chi connectivity index (χ1n) is 15.0. The average Bonchev–Trinajstić information content (AvgIpc) is 2.91. The van der Waals surface area contributed by atoms with Gasteiger partial charge in [-0.2, -0.15) is 0 Å². The summed E-state index contributed by atoms with van der Waals surface area (Å²) in [4.78, 5) is 10.6. The molecule has 37 heavy (non-hydrogen) atoms. The van der Waals surface area contributed by atoms with E-state index in [9.17, 15) is 0 Å². The fraction of sp³-hybridized carbons (Fsp3) is 0.588. The molecule has 0 radical (unpaired) electrons. The number of aryl methyl sites for hydroxylation is 4. The maximum Gasteiger partial charge on any atom is 0.0639 e. The largest absolute Gasteiger partial charge is 0.252 e. The van der Waals surface area contributed by atoms with E-state index in [0.717, 1.165) is 56.3 Å². The third kappa shape index (κ3) is 12.2. The number of benzene rings is 2. The molecular formula is C34H52N2Pd. The number of rotatable bonds is 17. The van der Waals surface area contributed by atoms with Gasteiger partial charge in [-0.1, -0.05) is 92.2 Å². The Bertz CT molecular complexity index is 929. The standard InChI is InChI=1S/C34H52N2.Pd/c1-7-13-15-16-17-18-20-34(36-32-25-29(11-5)22-30(12-6)26-32)33(19-14-8-2)35-31-23-27(9-3)21-28(10-4)24-31;/h21-26H,7-20H2,1-6H3;/b35-33+,36-34+;. The Labute approximate surface area is 242 Å². The van der Waals surface area contributed by atoms with Crippen LogP contribution in [-0.4, -0.2) is 11.4 Å². The average molecular weight is 595 g/mol. The minimum atomic E-state index is 0. The molecule has 0 atom stereocenters. The van der Waals surface area contributed by atoms with E-state index < -0.39 is 0 Å². The molecule has 0 aliphatic rings. The minimum Gasteiger partial charge on any atom is -0.252 e. The molecule has 2 rings (SSSR count). The molecular weight excluding hydrogens is 543 g/mol. The Kier molecular flexibility index (Phi) is 17.6. The van der Waals surface area contributed by atoms with Gasteiger partial charge < -0.3 is 0 Å². The molecule has 3 heteroatoms. The van der Waals surface area contributed by atoms with Gasteiger partial charge in [0.15, 0.2) is 0 Å². The Hall–Kier alpha value is -1.56. The fourth-order valence-corrected chi connectivity index (χ4v) is 4.69. The van der Waals surface area contributed by atoms with Gasteiger partial charge in [0.1, 0.15) is 0 Å². The second-order valence-electron chi connectivity index (χ2n) is 10.2. The minimum absolute atomic E-state index is 0. The number of hydrogen-bond donors (Lipinski definition) is 0. The first kappa shape index (κ1) is 33.5. The molecule has 0 bridgehead atoms. The van der Waals surface area contributed by atoms with Crippen LogP contribution in [0.2, 0.25) is 0 Å². The molecule has 0 fully saturated rings. The zero-order valence-corrected chi connectivity index (χ0v) is 26.1. The molecule has 2 aromatic rings. The predicted octanol–water partition coefficient (Wildman–Crippen LogP) is 10.7. The van der Waals surface area contributed by atoms with Crippen LogP contribution in [0.1, 0.15) is 128 Å². The van der Waals surface area contributed by atoms with Gasteiger partial charge in [0.25, 0.3) is 0 Å². The number of hydrogen-bond acceptors (Lipinski definition) is 2. The van der Waals surface area contributed by atoms with Gasteiger partial charge >= 0.3 is 0 Å². The first-order chi connectivity index (χ1) is 17.6. The summed E-state index contributed by atoms with van der Waals surface area (Å²) in [6, 6.07) is 13.8. The van der Waals surface area contributed by atoms with E-state index in [4.69, 9.17) is 9.98 Å². The van der Waals surface area contributed by atoms with Crippen molar-refractivity contribution < 1.29 is 20.4 Å². The zero-order chi connectivity index (χ0) is 26.2. The molecule has 0 aliphatic heterocycles. The van der Waals surface area contributed by atoms with E-state index in [0.29, 0.717) is 0 Å². The van der Waals surface area contributed by atoms with E-state index >= 15 is 0 Å². The molecule has 0 heterocycles. The number of aliphatic imine (C=N–C) groups is 2. The molecule has 0 spiro atoms. The second-order valence-corrected chi connectivity index (χ2v) is 10.2. The SMILES string of the molecule is CCCCCCCCC(=N\c1cc(CC)cc(CC)c1)/C(CCCC)=N/c1cc(CC)cc(CC)c1.[Pd]. The van der Waals surface area contributed by atoms with Gasteiger partial charge in [0.2, 0.25) is 0 Å². The van der Waals surface area contributed by atoms with Crippen LogP contribution in [0.3, 0.4) is 0 Å². The van der Waals surface area contributed by atoms with Crippen LogP contribution >= 0.6 is 0 Å². The van der Waals surface area contributed by atoms with Crippen LogP contribution in [0.5, 0.6) is 0 Å². The van der Waals surface area contributed by atoms with Crippen molar-refractivity contribution in [1.29, 1.82) is 0 Å². The number of nitrogens with zero attached hydrogens (tertiary/aromatic N) is 2. The van der Waals surface area contributed by atoms with Gasteiger partial charge in [-0.25, -0.2) is 0 Å². The van der Waals surface area contributed by atoms with Crippen LogP contribution < -0.4 is 0 Å². The van der Waals surface area contributed by atoms with Crippen molar-refractivity contribution in [2.24, 2.45) is 9.98 Å². The summed E-state index contributed by atoms with van der Waals surface area (Å²) >= 11 is 0. The summed E-state index contributed by atoms with van der Waals surface area (Å²) in [7, 11) is 0. The third-order valence-corrected chi connectivity index (χ3v) is 7.10. The molecule has 0 aromatic heterocycles. The van der Waals surface area contributed by atoms with Crippen molar-refractivity contribution in [2.75, 3.05) is 0 Å². The van der Waals surface area contributed by atoms with Crippen LogP contribution in [0.25, 0.3) is 0 Å². The maximum absolute atomic E-state index is 5.33. The molecule has 0 amide bonds. The van der Waals surface area contributed by atoms with Crippen LogP contribution in [0.4, 0.5) is 11.4 Å². The topological polar surface area (TPSA) is 24.7 Å². The fourth-order valence-electron chi connectivity index (χ4n) is 4.69. The zero-order valence-electron chi connectivity index (χ0n) is 24.6. The molecule has 2 nitrogen and oxygen atoms in total. The Morgan fingerprint density at radius 2 is 0.811 bits per heavy atom. The molecule has 2 aromatic carbocycles. The van der Waals surface area contributed by atoms with Crippen LogP contribution in [0.15, 0.2) is 46.4 Å². The van der Waals surface area contributed by atoms with Gasteiger partial charge in [0, 0.05) is 20.4 Å². The van der Waals surface area contributed by atoms with E-state index in [2.05, 4.69) is 77.9 Å². The Morgan fingerprint density at radius 1 is 0.459 bits per heavy atom. The van der Waals surface area contributed by atoms with Gasteiger partial charge in [-0.3, -0.25) is 9.98 Å². The smallest absolute Gasteiger partial charge is 0.0639 e. The summed E-state index contributed by atoms with van der Waals surface area (Å²) in [6.07, 6.45) is 16.3. The summed E-state index contributed by atoms with van der Waals surface area (Å²) < 4.78 is 0. The summed E-state index contributed by atoms with van der Waals surface area (Å²) in [5.41, 5.74) is 10.1. The van der Waals surface area contributed by atoms with Crippen molar-refractivity contribution in [3.05, 3.63) is 58.7 Å². The van der Waals surface area contributed by atoms with Gasteiger partial charge in [-0.15, -0.1) is 0 Å². The Morgan fingerprint density at radius 3 is 1.19 bits per heavy atom. The van der Waals surface area contributed by atoms with Crippen molar-refractivity contribution in [2.45, 2.75) is 131 Å². The molecule has 0 N–H and O–H groups in total. The molecule has 208 valence electrons. The van der Waals surface area contributed by atoms with Crippen molar-refractivity contribution in [1.82, 2.24) is 0 Å². The summed E-state index contributed by atoms with van der Waals surface area (Å²) in [5, 5.41) is 0. The van der Waals surface area contributed by atoms with Crippen LogP contribution in [-0.2, 0) is 46.1 Å². The van der Waals surface area contributed by atoms with Gasteiger partial charge in [-0.05, 0) is 97.9 Å². The summed E-state index contributed by atoms with van der Waals surface area (Å²) in [6.45, 7) is 13.5. The number of unbranched alkanes of at least 4 members (excludes halogenated alkanes) is 6. The van der Waals surface area contributed by atoms with Crippen molar-refractivity contribution in [3.8, 4) is 0 Å². The van der Waals surface area contributed by atoms with Crippen molar-refractivity contribution in [3.63, 3.8) is 0 Å². The molecule has 0 saturated heterocycles. The normalized spacial score (nSPS) is 12.1. The monoisotopic (exact) mass is 594 g/mol. The Balaban J connectivity index is 0.00000684. The molecule has 0 aliphatic carbocycles. The summed E-state index contributed by atoms with van der Waals surface area (Å²) in [5.74, 6) is 0. The predicted molar refractivity (Wildman–Crippen MR) is 162 cm³/mol. The van der Waals surface area contributed by atoms with Crippen LogP contribution in [0, 0.1) is 0 Å². The van der Waals surface area contributed by atoms with Crippen molar-refractivity contribution >= 4 is 22.8 Å². The maximum atomic E-state index is 5.33. The van der Waals surface area contributed by atoms with Gasteiger partial charge in [0.05, 0.1) is 22.8 Å². The first-order valence-corrected chi connectivity index (χ1v) is 15.0. The molecule has 0 unspecified atom stereocenters. The molecule has 0 saturated carbocycles.